The molecule has 3 aromatic rings. The number of thioether (sulfide) groups is 1. The van der Waals surface area contributed by atoms with E-state index in [1.165, 1.54) is 24.6 Å². The molecular weight excluding hydrogens is 382 g/mol. The molecular formula is C22H23N5OS. The van der Waals surface area contributed by atoms with Crippen LogP contribution in [0.1, 0.15) is 25.7 Å². The number of nitrogens with one attached hydrogen (secondary N) is 3. The first kappa shape index (κ1) is 19.4. The van der Waals surface area contributed by atoms with Crippen LogP contribution in [-0.2, 0) is 0 Å². The number of aromatic nitrogens is 2. The molecule has 0 aliphatic heterocycles. The summed E-state index contributed by atoms with van der Waals surface area (Å²) in [5.41, 5.74) is 3.56. The molecule has 0 atom stereocenters. The molecule has 0 bridgehead atoms. The topological polar surface area (TPSA) is 94.7 Å². The summed E-state index contributed by atoms with van der Waals surface area (Å²) in [6, 6.07) is 13.5. The molecule has 148 valence electrons. The van der Waals surface area contributed by atoms with Gasteiger partial charge in [-0.15, -0.1) is 0 Å². The van der Waals surface area contributed by atoms with Crippen LogP contribution in [0.3, 0.4) is 0 Å². The highest BCUT2D eigenvalue weighted by molar-refractivity contribution is 8.26. The molecule has 7 heteroatoms. The maximum atomic E-state index is 8.21. The number of hydrogen-bond acceptors (Lipinski definition) is 6. The Hall–Kier alpha value is -2.93. The lowest BCUT2D eigenvalue weighted by atomic mass is 10.1. The third kappa shape index (κ3) is 4.56. The van der Waals surface area contributed by atoms with E-state index in [4.69, 9.17) is 15.6 Å². The van der Waals surface area contributed by atoms with E-state index in [0.29, 0.717) is 16.8 Å². The minimum atomic E-state index is 0.230. The molecule has 2 heterocycles. The predicted octanol–water partition coefficient (Wildman–Crippen LogP) is 5.55. The normalized spacial score (nSPS) is 14.1. The average molecular weight is 406 g/mol. The van der Waals surface area contributed by atoms with Crippen LogP contribution < -0.4 is 10.1 Å². The molecule has 0 spiro atoms. The predicted molar refractivity (Wildman–Crippen MR) is 120 cm³/mol. The zero-order valence-electron chi connectivity index (χ0n) is 16.2. The molecule has 1 aliphatic carbocycles. The number of fused-ring (bicyclic) bond motifs is 1. The molecule has 6 nitrogen and oxygen atoms in total. The van der Waals surface area contributed by atoms with Crippen LogP contribution in [0.2, 0.25) is 0 Å². The number of ether oxygens (including phenoxy) is 1. The highest BCUT2D eigenvalue weighted by atomic mass is 32.2. The van der Waals surface area contributed by atoms with Gasteiger partial charge in [0.25, 0.3) is 0 Å². The summed E-state index contributed by atoms with van der Waals surface area (Å²) in [7, 11) is 1.65. The van der Waals surface area contributed by atoms with Crippen molar-refractivity contribution in [2.75, 3.05) is 12.4 Å². The summed E-state index contributed by atoms with van der Waals surface area (Å²) in [6.07, 6.45) is 6.33. The van der Waals surface area contributed by atoms with Gasteiger partial charge in [0.15, 0.2) is 5.17 Å². The number of methoxy groups -OCH3 is 1. The summed E-state index contributed by atoms with van der Waals surface area (Å²) < 4.78 is 5.21. The van der Waals surface area contributed by atoms with Crippen molar-refractivity contribution in [1.29, 1.82) is 10.8 Å². The van der Waals surface area contributed by atoms with Crippen molar-refractivity contribution >= 4 is 38.8 Å². The molecule has 1 fully saturated rings. The second kappa shape index (κ2) is 8.61. The molecule has 0 saturated heterocycles. The number of hydrogen-bond donors (Lipinski definition) is 3. The van der Waals surface area contributed by atoms with Gasteiger partial charge in [-0.25, -0.2) is 4.98 Å². The number of anilines is 1. The fourth-order valence-corrected chi connectivity index (χ4v) is 4.32. The molecule has 4 rings (SSSR count). The Morgan fingerprint density at radius 1 is 1.03 bits per heavy atom. The first-order valence-electron chi connectivity index (χ1n) is 9.65. The molecule has 29 heavy (non-hydrogen) atoms. The number of pyridine rings is 2. The van der Waals surface area contributed by atoms with E-state index >= 15 is 0 Å². The molecule has 1 aromatic carbocycles. The van der Waals surface area contributed by atoms with E-state index in [0.717, 1.165) is 40.8 Å². The third-order valence-corrected chi connectivity index (χ3v) is 6.00. The Bertz CT molecular complexity index is 1040. The van der Waals surface area contributed by atoms with Crippen LogP contribution in [-0.4, -0.2) is 27.3 Å². The number of amidine groups is 1. The van der Waals surface area contributed by atoms with E-state index in [9.17, 15) is 0 Å². The lowest BCUT2D eigenvalue weighted by Crippen LogP contribution is -2.14. The zero-order valence-corrected chi connectivity index (χ0v) is 17.1. The van der Waals surface area contributed by atoms with Crippen LogP contribution in [0.25, 0.3) is 22.2 Å². The van der Waals surface area contributed by atoms with Crippen molar-refractivity contribution in [3.8, 4) is 16.9 Å². The van der Waals surface area contributed by atoms with Crippen LogP contribution in [0.5, 0.6) is 5.75 Å². The molecule has 0 radical (unpaired) electrons. The molecule has 3 N–H and O–H groups in total. The van der Waals surface area contributed by atoms with Gasteiger partial charge < -0.3 is 10.1 Å². The molecule has 0 amide bonds. The first-order valence-corrected chi connectivity index (χ1v) is 10.5. The SMILES string of the molecule is COc1ccc(-c2cnc3ccc(NC(=N)SC(=N)C4CCCC4)nc3c2)cc1. The smallest absolute Gasteiger partial charge is 0.165 e. The van der Waals surface area contributed by atoms with Gasteiger partial charge in [0, 0.05) is 17.7 Å². The molecule has 1 aliphatic rings. The van der Waals surface area contributed by atoms with Gasteiger partial charge >= 0.3 is 0 Å². The van der Waals surface area contributed by atoms with Gasteiger partial charge in [0.2, 0.25) is 0 Å². The molecule has 0 unspecified atom stereocenters. The molecule has 1 saturated carbocycles. The van der Waals surface area contributed by atoms with Crippen LogP contribution >= 0.6 is 11.8 Å². The number of benzene rings is 1. The average Bonchev–Trinajstić information content (AvgIpc) is 3.28. The van der Waals surface area contributed by atoms with E-state index in [1.54, 1.807) is 7.11 Å². The number of nitrogens with zero attached hydrogens (tertiary/aromatic N) is 2. The Labute approximate surface area is 174 Å². The largest absolute Gasteiger partial charge is 0.497 e. The van der Waals surface area contributed by atoms with Crippen molar-refractivity contribution in [3.05, 3.63) is 48.7 Å². The fourth-order valence-electron chi connectivity index (χ4n) is 3.54. The van der Waals surface area contributed by atoms with Gasteiger partial charge in [-0.3, -0.25) is 15.8 Å². The summed E-state index contributed by atoms with van der Waals surface area (Å²) in [4.78, 5) is 9.12. The van der Waals surface area contributed by atoms with E-state index in [1.807, 2.05) is 48.7 Å². The highest BCUT2D eigenvalue weighted by Crippen LogP contribution is 2.30. The van der Waals surface area contributed by atoms with Gasteiger partial charge in [-0.1, -0.05) is 25.0 Å². The Kier molecular flexibility index (Phi) is 5.76. The molecule has 2 aromatic heterocycles. The lowest BCUT2D eigenvalue weighted by molar-refractivity contribution is 0.415. The van der Waals surface area contributed by atoms with Gasteiger partial charge in [-0.2, -0.15) is 0 Å². The minimum absolute atomic E-state index is 0.230. The maximum Gasteiger partial charge on any atom is 0.165 e. The van der Waals surface area contributed by atoms with Crippen molar-refractivity contribution in [1.82, 2.24) is 9.97 Å². The van der Waals surface area contributed by atoms with E-state index in [2.05, 4.69) is 15.3 Å². The third-order valence-electron chi connectivity index (χ3n) is 5.14. The van der Waals surface area contributed by atoms with Crippen molar-refractivity contribution in [2.24, 2.45) is 5.92 Å². The lowest BCUT2D eigenvalue weighted by Gasteiger charge is -2.12. The van der Waals surface area contributed by atoms with Crippen LogP contribution in [0.4, 0.5) is 5.82 Å². The van der Waals surface area contributed by atoms with Crippen molar-refractivity contribution in [3.63, 3.8) is 0 Å². The van der Waals surface area contributed by atoms with Gasteiger partial charge in [0.1, 0.15) is 11.6 Å². The van der Waals surface area contributed by atoms with Crippen molar-refractivity contribution < 1.29 is 4.74 Å². The number of rotatable bonds is 4. The summed E-state index contributed by atoms with van der Waals surface area (Å²) in [6.45, 7) is 0. The fraction of sp³-hybridized carbons (Fsp3) is 0.273. The second-order valence-corrected chi connectivity index (χ2v) is 8.14. The standard InChI is InChI=1S/C22H23N5OS/c1-28-17-8-6-14(7-9-17)16-12-19-18(25-13-16)10-11-20(26-19)27-22(24)29-21(23)15-4-2-3-5-15/h6-13,15,23H,2-5H2,1H3,(H2,24,26,27). The van der Waals surface area contributed by atoms with Crippen molar-refractivity contribution in [2.45, 2.75) is 25.7 Å². The Morgan fingerprint density at radius 2 is 1.79 bits per heavy atom. The van der Waals surface area contributed by atoms with Gasteiger partial charge in [-0.05, 0) is 60.5 Å². The summed E-state index contributed by atoms with van der Waals surface area (Å²) >= 11 is 1.19. The first-order chi connectivity index (χ1) is 14.1. The Balaban J connectivity index is 1.50. The Morgan fingerprint density at radius 3 is 2.52 bits per heavy atom. The monoisotopic (exact) mass is 405 g/mol. The zero-order chi connectivity index (χ0) is 20.2. The van der Waals surface area contributed by atoms with E-state index < -0.39 is 0 Å². The van der Waals surface area contributed by atoms with Crippen LogP contribution in [0.15, 0.2) is 48.7 Å². The minimum Gasteiger partial charge on any atom is -0.497 e. The van der Waals surface area contributed by atoms with Gasteiger partial charge in [0.05, 0.1) is 23.2 Å². The van der Waals surface area contributed by atoms with E-state index in [-0.39, 0.29) is 5.17 Å². The van der Waals surface area contributed by atoms with Crippen LogP contribution in [0, 0.1) is 16.7 Å². The quantitative estimate of drug-likeness (QED) is 0.390. The maximum absolute atomic E-state index is 8.21. The summed E-state index contributed by atoms with van der Waals surface area (Å²) in [5.74, 6) is 1.71. The highest BCUT2D eigenvalue weighted by Gasteiger charge is 2.21. The second-order valence-electron chi connectivity index (χ2n) is 7.09. The summed E-state index contributed by atoms with van der Waals surface area (Å²) in [5, 5.41) is 20.2.